The Hall–Kier alpha value is -3.28. The zero-order valence-corrected chi connectivity index (χ0v) is 14.4. The zero-order valence-electron chi connectivity index (χ0n) is 14.4. The van der Waals surface area contributed by atoms with Gasteiger partial charge in [0.15, 0.2) is 11.5 Å². The van der Waals surface area contributed by atoms with Crippen molar-refractivity contribution in [1.82, 2.24) is 15.1 Å². The summed E-state index contributed by atoms with van der Waals surface area (Å²) in [7, 11) is 0. The van der Waals surface area contributed by atoms with E-state index in [9.17, 15) is 4.79 Å². The summed E-state index contributed by atoms with van der Waals surface area (Å²) in [6.07, 6.45) is 3.87. The largest absolute Gasteiger partial charge is 0.454 e. The van der Waals surface area contributed by atoms with Crippen molar-refractivity contribution in [3.8, 4) is 17.2 Å². The summed E-state index contributed by atoms with van der Waals surface area (Å²) < 4.78 is 12.5. The van der Waals surface area contributed by atoms with Gasteiger partial charge in [-0.1, -0.05) is 24.3 Å². The third-order valence-corrected chi connectivity index (χ3v) is 4.30. The van der Waals surface area contributed by atoms with Gasteiger partial charge in [0.1, 0.15) is 0 Å². The molecule has 0 aliphatic carbocycles. The van der Waals surface area contributed by atoms with Gasteiger partial charge in [-0.2, -0.15) is 5.10 Å². The molecule has 6 heteroatoms. The van der Waals surface area contributed by atoms with Crippen LogP contribution in [-0.2, 0) is 11.2 Å². The van der Waals surface area contributed by atoms with Crippen LogP contribution in [0.2, 0.25) is 0 Å². The quantitative estimate of drug-likeness (QED) is 0.769. The Morgan fingerprint density at radius 1 is 1.19 bits per heavy atom. The number of amides is 1. The number of carbonyl (C=O) groups excluding carboxylic acids is 1. The molecule has 4 rings (SSSR count). The predicted octanol–water partition coefficient (Wildman–Crippen LogP) is 3.02. The molecule has 1 aliphatic heterocycles. The van der Waals surface area contributed by atoms with Gasteiger partial charge in [-0.05, 0) is 42.3 Å². The van der Waals surface area contributed by atoms with Crippen molar-refractivity contribution in [3.63, 3.8) is 0 Å². The molecule has 1 amide bonds. The van der Waals surface area contributed by atoms with Crippen molar-refractivity contribution >= 4 is 5.91 Å². The van der Waals surface area contributed by atoms with Crippen LogP contribution in [0.5, 0.6) is 11.5 Å². The average molecular weight is 349 g/mol. The van der Waals surface area contributed by atoms with Crippen LogP contribution in [0.1, 0.15) is 24.1 Å². The van der Waals surface area contributed by atoms with Gasteiger partial charge in [-0.15, -0.1) is 0 Å². The van der Waals surface area contributed by atoms with E-state index in [4.69, 9.17) is 9.47 Å². The number of aromatic nitrogens is 2. The molecule has 1 aromatic heterocycles. The lowest BCUT2D eigenvalue weighted by molar-refractivity contribution is -0.121. The molecule has 0 saturated heterocycles. The number of carbonyl (C=O) groups is 1. The minimum Gasteiger partial charge on any atom is -0.454 e. The molecular formula is C20H19N3O3. The third-order valence-electron chi connectivity index (χ3n) is 4.30. The van der Waals surface area contributed by atoms with Crippen molar-refractivity contribution in [3.05, 3.63) is 72.1 Å². The SMILES string of the molecule is CC(NC(=O)Cc1cnn(-c2ccccc2)c1)c1ccc2c(c1)OCO2. The van der Waals surface area contributed by atoms with Crippen molar-refractivity contribution in [1.29, 1.82) is 0 Å². The van der Waals surface area contributed by atoms with Crippen LogP contribution in [0.4, 0.5) is 0 Å². The van der Waals surface area contributed by atoms with E-state index in [0.29, 0.717) is 5.75 Å². The maximum atomic E-state index is 12.4. The fraction of sp³-hybridized carbons (Fsp3) is 0.200. The maximum absolute atomic E-state index is 12.4. The van der Waals surface area contributed by atoms with Crippen LogP contribution < -0.4 is 14.8 Å². The summed E-state index contributed by atoms with van der Waals surface area (Å²) in [5, 5.41) is 7.33. The zero-order chi connectivity index (χ0) is 17.9. The molecule has 1 aliphatic rings. The number of hydrogen-bond donors (Lipinski definition) is 1. The molecule has 0 saturated carbocycles. The molecule has 2 aromatic carbocycles. The number of ether oxygens (including phenoxy) is 2. The van der Waals surface area contributed by atoms with Crippen LogP contribution in [0.15, 0.2) is 60.9 Å². The highest BCUT2D eigenvalue weighted by Crippen LogP contribution is 2.34. The number of hydrogen-bond acceptors (Lipinski definition) is 4. The van der Waals surface area contributed by atoms with Crippen molar-refractivity contribution in [2.75, 3.05) is 6.79 Å². The lowest BCUT2D eigenvalue weighted by atomic mass is 10.1. The van der Waals surface area contributed by atoms with E-state index in [1.165, 1.54) is 0 Å². The Kier molecular flexibility index (Phi) is 4.31. The number of benzene rings is 2. The van der Waals surface area contributed by atoms with Gasteiger partial charge in [0.2, 0.25) is 12.7 Å². The van der Waals surface area contributed by atoms with Crippen molar-refractivity contribution < 1.29 is 14.3 Å². The van der Waals surface area contributed by atoms with Gasteiger partial charge in [0.25, 0.3) is 0 Å². The summed E-state index contributed by atoms with van der Waals surface area (Å²) >= 11 is 0. The third kappa shape index (κ3) is 3.39. The van der Waals surface area contributed by atoms with Gasteiger partial charge in [-0.25, -0.2) is 4.68 Å². The first-order chi connectivity index (χ1) is 12.7. The summed E-state index contributed by atoms with van der Waals surface area (Å²) in [5.74, 6) is 1.40. The highest BCUT2D eigenvalue weighted by atomic mass is 16.7. The first-order valence-electron chi connectivity index (χ1n) is 8.47. The van der Waals surface area contributed by atoms with Gasteiger partial charge < -0.3 is 14.8 Å². The van der Waals surface area contributed by atoms with E-state index < -0.39 is 0 Å². The van der Waals surface area contributed by atoms with Crippen LogP contribution in [0.25, 0.3) is 5.69 Å². The highest BCUT2D eigenvalue weighted by Gasteiger charge is 2.17. The molecule has 0 bridgehead atoms. The highest BCUT2D eigenvalue weighted by molar-refractivity contribution is 5.78. The van der Waals surface area contributed by atoms with Crippen molar-refractivity contribution in [2.24, 2.45) is 0 Å². The summed E-state index contributed by atoms with van der Waals surface area (Å²) in [6.45, 7) is 2.19. The molecule has 3 aromatic rings. The molecular weight excluding hydrogens is 330 g/mol. The first-order valence-corrected chi connectivity index (χ1v) is 8.47. The van der Waals surface area contributed by atoms with Crippen molar-refractivity contribution in [2.45, 2.75) is 19.4 Å². The molecule has 1 unspecified atom stereocenters. The number of nitrogens with one attached hydrogen (secondary N) is 1. The lowest BCUT2D eigenvalue weighted by Gasteiger charge is -2.14. The van der Waals surface area contributed by atoms with Crippen LogP contribution in [0.3, 0.4) is 0 Å². The second-order valence-corrected chi connectivity index (χ2v) is 6.21. The maximum Gasteiger partial charge on any atom is 0.231 e. The van der Waals surface area contributed by atoms with Crippen LogP contribution >= 0.6 is 0 Å². The van der Waals surface area contributed by atoms with E-state index in [0.717, 1.165) is 22.6 Å². The summed E-state index contributed by atoms with van der Waals surface area (Å²) in [6, 6.07) is 15.4. The molecule has 132 valence electrons. The Bertz CT molecular complexity index is 921. The number of para-hydroxylation sites is 1. The van der Waals surface area contributed by atoms with E-state index in [1.54, 1.807) is 10.9 Å². The summed E-state index contributed by atoms with van der Waals surface area (Å²) in [5.41, 5.74) is 2.81. The molecule has 2 heterocycles. The Labute approximate surface area is 151 Å². The standard InChI is InChI=1S/C20H19N3O3/c1-14(16-7-8-18-19(10-16)26-13-25-18)22-20(24)9-15-11-21-23(12-15)17-5-3-2-4-6-17/h2-8,10-12,14H,9,13H2,1H3,(H,22,24). The fourth-order valence-corrected chi connectivity index (χ4v) is 2.92. The molecule has 6 nitrogen and oxygen atoms in total. The van der Waals surface area contributed by atoms with Gasteiger partial charge in [0.05, 0.1) is 24.3 Å². The Morgan fingerprint density at radius 2 is 2.00 bits per heavy atom. The second kappa shape index (κ2) is 6.92. The van der Waals surface area contributed by atoms with Gasteiger partial charge in [0, 0.05) is 6.20 Å². The molecule has 0 spiro atoms. The first kappa shape index (κ1) is 16.2. The molecule has 0 radical (unpaired) electrons. The predicted molar refractivity (Wildman–Crippen MR) is 96.4 cm³/mol. The number of rotatable bonds is 5. The molecule has 1 N–H and O–H groups in total. The smallest absolute Gasteiger partial charge is 0.231 e. The normalized spacial score (nSPS) is 13.4. The molecule has 26 heavy (non-hydrogen) atoms. The average Bonchev–Trinajstić information content (AvgIpc) is 3.30. The Morgan fingerprint density at radius 3 is 2.85 bits per heavy atom. The van der Waals surface area contributed by atoms with Gasteiger partial charge in [-0.3, -0.25) is 4.79 Å². The number of nitrogens with zero attached hydrogens (tertiary/aromatic N) is 2. The van der Waals surface area contributed by atoms with Gasteiger partial charge >= 0.3 is 0 Å². The van der Waals surface area contributed by atoms with E-state index >= 15 is 0 Å². The summed E-state index contributed by atoms with van der Waals surface area (Å²) in [4.78, 5) is 12.4. The van der Waals surface area contributed by atoms with Crippen LogP contribution in [0, 0.1) is 0 Å². The monoisotopic (exact) mass is 349 g/mol. The lowest BCUT2D eigenvalue weighted by Crippen LogP contribution is -2.28. The fourth-order valence-electron chi connectivity index (χ4n) is 2.92. The molecule has 1 atom stereocenters. The van der Waals surface area contributed by atoms with Crippen LogP contribution in [-0.4, -0.2) is 22.5 Å². The minimum absolute atomic E-state index is 0.0530. The number of fused-ring (bicyclic) bond motifs is 1. The minimum atomic E-state index is -0.124. The molecule has 0 fully saturated rings. The second-order valence-electron chi connectivity index (χ2n) is 6.21. The Balaban J connectivity index is 1.39. The van der Waals surface area contributed by atoms with E-state index in [2.05, 4.69) is 10.4 Å². The van der Waals surface area contributed by atoms with E-state index in [1.807, 2.05) is 61.7 Å². The topological polar surface area (TPSA) is 65.4 Å². The van der Waals surface area contributed by atoms with E-state index in [-0.39, 0.29) is 25.2 Å².